The number of nitrogens with one attached hydrogen (secondary N) is 1. The molecule has 12 heteroatoms. The molecule has 1 aliphatic carbocycles. The third-order valence-corrected chi connectivity index (χ3v) is 7.39. The Balaban J connectivity index is 0.000000505. The summed E-state index contributed by atoms with van der Waals surface area (Å²) in [5.74, 6) is -3.34. The molecule has 2 fully saturated rings. The number of nitrogen functional groups attached to an aromatic ring is 1. The van der Waals surface area contributed by atoms with Crippen LogP contribution in [0.2, 0.25) is 0 Å². The number of alkyl halides is 3. The average Bonchev–Trinajstić information content (AvgIpc) is 2.90. The summed E-state index contributed by atoms with van der Waals surface area (Å²) in [6.07, 6.45) is 3.45. The molecule has 0 spiro atoms. The maximum absolute atomic E-state index is 12.0. The number of piperidine rings is 1. The molecule has 1 aromatic rings. The van der Waals surface area contributed by atoms with Crippen LogP contribution in [-0.4, -0.2) is 95.3 Å². The number of aliphatic carboxylic acids is 2. The van der Waals surface area contributed by atoms with Crippen LogP contribution < -0.4 is 10.6 Å². The van der Waals surface area contributed by atoms with Crippen LogP contribution in [0.25, 0.3) is 0 Å². The van der Waals surface area contributed by atoms with Gasteiger partial charge in [0.2, 0.25) is 0 Å². The second-order valence-electron chi connectivity index (χ2n) is 9.82. The number of carboxylic acids is 2. The number of allylic oxidation sites excluding steroid dienone is 1. The molecule has 0 radical (unpaired) electrons. The lowest BCUT2D eigenvalue weighted by Crippen LogP contribution is -2.55. The minimum atomic E-state index is -5.08. The average molecular weight is 540 g/mol. The zero-order valence-electron chi connectivity index (χ0n) is 21.3. The smallest absolute Gasteiger partial charge is 0.480 e. The molecule has 9 nitrogen and oxygen atoms in total. The van der Waals surface area contributed by atoms with Crippen molar-refractivity contribution in [3.63, 3.8) is 0 Å². The zero-order valence-corrected chi connectivity index (χ0v) is 21.3. The van der Waals surface area contributed by atoms with E-state index in [2.05, 4.69) is 32.9 Å². The van der Waals surface area contributed by atoms with Gasteiger partial charge in [0.05, 0.1) is 0 Å². The van der Waals surface area contributed by atoms with Gasteiger partial charge in [0.1, 0.15) is 11.9 Å². The van der Waals surface area contributed by atoms with Gasteiger partial charge in [-0.2, -0.15) is 13.2 Å². The fourth-order valence-electron chi connectivity index (χ4n) is 5.37. The van der Waals surface area contributed by atoms with E-state index in [1.807, 2.05) is 12.1 Å². The Kier molecular flexibility index (Phi) is 10.1. The molecule has 38 heavy (non-hydrogen) atoms. The Hall–Kier alpha value is -3.12. The second kappa shape index (κ2) is 13.1. The highest BCUT2D eigenvalue weighted by molar-refractivity contribution is 5.95. The SMILES string of the molecule is N=C(N)c1ccc(N2CCN(C3CCN(C(C(=O)O)C4=CCCCC4)CC3)CC2)cc1.O=C(O)C(F)(F)F. The predicted octanol–water partition coefficient (Wildman–Crippen LogP) is 3.14. The van der Waals surface area contributed by atoms with Crippen LogP contribution in [0.3, 0.4) is 0 Å². The molecule has 2 heterocycles. The summed E-state index contributed by atoms with van der Waals surface area (Å²) in [4.78, 5) is 28.1. The number of likely N-dealkylation sites (tertiary alicyclic amines) is 1. The van der Waals surface area contributed by atoms with E-state index >= 15 is 0 Å². The number of halogens is 3. The lowest BCUT2D eigenvalue weighted by molar-refractivity contribution is -0.192. The Bertz CT molecular complexity index is 999. The van der Waals surface area contributed by atoms with Crippen LogP contribution in [0.15, 0.2) is 35.9 Å². The first-order valence-electron chi connectivity index (χ1n) is 12.9. The van der Waals surface area contributed by atoms with Crippen molar-refractivity contribution in [2.24, 2.45) is 5.73 Å². The summed E-state index contributed by atoms with van der Waals surface area (Å²) in [7, 11) is 0. The number of piperazine rings is 1. The summed E-state index contributed by atoms with van der Waals surface area (Å²) in [5, 5.41) is 24.5. The van der Waals surface area contributed by atoms with Gasteiger partial charge in [0.25, 0.3) is 0 Å². The fourth-order valence-corrected chi connectivity index (χ4v) is 5.37. The Morgan fingerprint density at radius 3 is 2.00 bits per heavy atom. The summed E-state index contributed by atoms with van der Waals surface area (Å²) in [6.45, 7) is 5.78. The van der Waals surface area contributed by atoms with E-state index in [1.165, 1.54) is 12.1 Å². The second-order valence-corrected chi connectivity index (χ2v) is 9.82. The highest BCUT2D eigenvalue weighted by atomic mass is 19.4. The van der Waals surface area contributed by atoms with Gasteiger partial charge in [0, 0.05) is 56.6 Å². The number of amidine groups is 1. The van der Waals surface area contributed by atoms with Crippen molar-refractivity contribution in [1.82, 2.24) is 9.80 Å². The summed E-state index contributed by atoms with van der Waals surface area (Å²) in [5.41, 5.74) is 8.63. The monoisotopic (exact) mass is 539 g/mol. The molecular formula is C26H36F3N5O4. The molecule has 4 rings (SSSR count). The fraction of sp³-hybridized carbons (Fsp3) is 0.577. The normalized spacial score (nSPS) is 20.6. The van der Waals surface area contributed by atoms with Gasteiger partial charge in [0.15, 0.2) is 0 Å². The Labute approximate surface area is 220 Å². The van der Waals surface area contributed by atoms with Crippen molar-refractivity contribution in [3.05, 3.63) is 41.5 Å². The van der Waals surface area contributed by atoms with E-state index in [0.717, 1.165) is 82.5 Å². The molecule has 3 aliphatic rings. The zero-order chi connectivity index (χ0) is 27.9. The topological polar surface area (TPSA) is 134 Å². The predicted molar refractivity (Wildman–Crippen MR) is 138 cm³/mol. The van der Waals surface area contributed by atoms with Crippen molar-refractivity contribution in [1.29, 1.82) is 5.41 Å². The van der Waals surface area contributed by atoms with Crippen LogP contribution in [0, 0.1) is 5.41 Å². The number of nitrogens with two attached hydrogens (primary N) is 1. The van der Waals surface area contributed by atoms with Gasteiger partial charge in [-0.1, -0.05) is 6.08 Å². The van der Waals surface area contributed by atoms with Crippen molar-refractivity contribution in [2.45, 2.75) is 56.8 Å². The largest absolute Gasteiger partial charge is 0.490 e. The number of hydrogen-bond acceptors (Lipinski definition) is 6. The van der Waals surface area contributed by atoms with Crippen molar-refractivity contribution in [3.8, 4) is 0 Å². The number of carboxylic acid groups (broad SMARTS) is 2. The van der Waals surface area contributed by atoms with E-state index < -0.39 is 24.2 Å². The highest BCUT2D eigenvalue weighted by Gasteiger charge is 2.38. The number of benzene rings is 1. The van der Waals surface area contributed by atoms with Crippen LogP contribution in [0.4, 0.5) is 18.9 Å². The van der Waals surface area contributed by atoms with E-state index in [9.17, 15) is 23.1 Å². The number of rotatable bonds is 6. The molecule has 2 aliphatic heterocycles. The maximum Gasteiger partial charge on any atom is 0.490 e. The van der Waals surface area contributed by atoms with Crippen LogP contribution >= 0.6 is 0 Å². The van der Waals surface area contributed by atoms with Gasteiger partial charge < -0.3 is 20.8 Å². The summed E-state index contributed by atoms with van der Waals surface area (Å²) in [6, 6.07) is 8.07. The number of hydrogen-bond donors (Lipinski definition) is 4. The highest BCUT2D eigenvalue weighted by Crippen LogP contribution is 2.28. The van der Waals surface area contributed by atoms with Crippen LogP contribution in [0.5, 0.6) is 0 Å². The van der Waals surface area contributed by atoms with Gasteiger partial charge in [-0.25, -0.2) is 4.79 Å². The molecule has 0 saturated carbocycles. The standard InChI is InChI=1S/C24H35N5O2.C2HF3O2/c25-23(26)19-6-8-20(9-7-19)27-14-16-28(17-15-27)21-10-12-29(13-11-21)22(24(30)31)18-4-2-1-3-5-18;3-2(4,5)1(6)7/h4,6-9,21-22H,1-3,5,10-17H2,(H3,25,26)(H,30,31);(H,6,7). The number of anilines is 1. The Morgan fingerprint density at radius 1 is 0.974 bits per heavy atom. The van der Waals surface area contributed by atoms with Crippen LogP contribution in [0.1, 0.15) is 44.1 Å². The minimum Gasteiger partial charge on any atom is -0.480 e. The van der Waals surface area contributed by atoms with Crippen molar-refractivity contribution < 1.29 is 33.0 Å². The van der Waals surface area contributed by atoms with Gasteiger partial charge in [-0.3, -0.25) is 20.0 Å². The van der Waals surface area contributed by atoms with E-state index in [0.29, 0.717) is 6.04 Å². The molecule has 1 unspecified atom stereocenters. The van der Waals surface area contributed by atoms with Crippen molar-refractivity contribution >= 4 is 23.5 Å². The third kappa shape index (κ3) is 7.94. The molecular weight excluding hydrogens is 503 g/mol. The number of carbonyl (C=O) groups is 2. The van der Waals surface area contributed by atoms with E-state index in [1.54, 1.807) is 0 Å². The Morgan fingerprint density at radius 2 is 1.55 bits per heavy atom. The third-order valence-electron chi connectivity index (χ3n) is 7.39. The lowest BCUT2D eigenvalue weighted by atomic mass is 9.91. The van der Waals surface area contributed by atoms with Crippen molar-refractivity contribution in [2.75, 3.05) is 44.2 Å². The number of nitrogens with zero attached hydrogens (tertiary/aromatic N) is 3. The first kappa shape index (κ1) is 29.4. The maximum atomic E-state index is 12.0. The molecule has 1 aromatic carbocycles. The molecule has 0 bridgehead atoms. The first-order valence-corrected chi connectivity index (χ1v) is 12.9. The molecule has 0 aromatic heterocycles. The summed E-state index contributed by atoms with van der Waals surface area (Å²) >= 11 is 0. The summed E-state index contributed by atoms with van der Waals surface area (Å²) < 4.78 is 31.7. The van der Waals surface area contributed by atoms with E-state index in [-0.39, 0.29) is 5.84 Å². The van der Waals surface area contributed by atoms with Gasteiger partial charge in [-0.05, 0) is 68.4 Å². The van der Waals surface area contributed by atoms with Crippen LogP contribution in [-0.2, 0) is 9.59 Å². The minimum absolute atomic E-state index is 0.104. The molecule has 210 valence electrons. The van der Waals surface area contributed by atoms with Gasteiger partial charge >= 0.3 is 18.1 Å². The quantitative estimate of drug-likeness (QED) is 0.246. The molecule has 5 N–H and O–H groups in total. The first-order chi connectivity index (χ1) is 18.0. The van der Waals surface area contributed by atoms with Gasteiger partial charge in [-0.15, -0.1) is 0 Å². The van der Waals surface area contributed by atoms with E-state index in [4.69, 9.17) is 21.0 Å². The molecule has 1 atom stereocenters. The lowest BCUT2D eigenvalue weighted by Gasteiger charge is -2.44. The molecule has 2 saturated heterocycles. The molecule has 0 amide bonds.